The lowest BCUT2D eigenvalue weighted by atomic mass is 10.1. The second-order valence-corrected chi connectivity index (χ2v) is 6.73. The topological polar surface area (TPSA) is 54.2 Å². The van der Waals surface area contributed by atoms with Gasteiger partial charge in [0.15, 0.2) is 5.96 Å². The van der Waals surface area contributed by atoms with Gasteiger partial charge in [0.2, 0.25) is 0 Å². The third-order valence-corrected chi connectivity index (χ3v) is 4.65. The van der Waals surface area contributed by atoms with Crippen LogP contribution >= 0.6 is 24.0 Å². The van der Waals surface area contributed by atoms with Gasteiger partial charge in [0.1, 0.15) is 11.6 Å². The molecule has 0 aliphatic heterocycles. The van der Waals surface area contributed by atoms with E-state index in [-0.39, 0.29) is 41.5 Å². The van der Waals surface area contributed by atoms with Crippen molar-refractivity contribution < 1.29 is 8.78 Å². The van der Waals surface area contributed by atoms with Gasteiger partial charge < -0.3 is 10.6 Å². The fraction of sp³-hybridized carbons (Fsp3) is 0.474. The molecule has 2 atom stereocenters. The first kappa shape index (κ1) is 21.6. The fourth-order valence-corrected chi connectivity index (χ4v) is 3.25. The summed E-state index contributed by atoms with van der Waals surface area (Å²) in [5.74, 6) is -0.452. The van der Waals surface area contributed by atoms with Gasteiger partial charge in [0.05, 0.1) is 5.69 Å². The molecule has 148 valence electrons. The minimum absolute atomic E-state index is 0. The molecular formula is C19H26F2IN5. The molecule has 1 saturated carbocycles. The van der Waals surface area contributed by atoms with Crippen molar-refractivity contribution in [1.29, 1.82) is 0 Å². The number of nitrogens with zero attached hydrogens (tertiary/aromatic N) is 3. The highest BCUT2D eigenvalue weighted by atomic mass is 127. The smallest absolute Gasteiger partial charge is 0.191 e. The van der Waals surface area contributed by atoms with E-state index in [2.05, 4.69) is 26.8 Å². The maximum absolute atomic E-state index is 13.9. The molecule has 1 aromatic heterocycles. The van der Waals surface area contributed by atoms with E-state index in [1.54, 1.807) is 7.05 Å². The van der Waals surface area contributed by atoms with E-state index in [0.29, 0.717) is 12.4 Å². The van der Waals surface area contributed by atoms with Crippen LogP contribution in [0.1, 0.15) is 35.7 Å². The van der Waals surface area contributed by atoms with Crippen LogP contribution in [0.3, 0.4) is 0 Å². The monoisotopic (exact) mass is 489 g/mol. The van der Waals surface area contributed by atoms with Crippen LogP contribution in [-0.4, -0.2) is 35.4 Å². The maximum atomic E-state index is 13.9. The summed E-state index contributed by atoms with van der Waals surface area (Å²) < 4.78 is 29.7. The Hall–Kier alpha value is -1.71. The van der Waals surface area contributed by atoms with E-state index in [9.17, 15) is 8.78 Å². The molecule has 2 unspecified atom stereocenters. The van der Waals surface area contributed by atoms with Crippen LogP contribution in [0, 0.1) is 25.5 Å². The fourth-order valence-electron chi connectivity index (χ4n) is 3.25. The Morgan fingerprint density at radius 3 is 2.59 bits per heavy atom. The summed E-state index contributed by atoms with van der Waals surface area (Å²) in [5.41, 5.74) is 2.34. The van der Waals surface area contributed by atoms with Gasteiger partial charge in [-0.05, 0) is 44.9 Å². The minimum Gasteiger partial charge on any atom is -0.356 e. The number of hydrogen-bond acceptors (Lipinski definition) is 2. The Morgan fingerprint density at radius 2 is 2.00 bits per heavy atom. The van der Waals surface area contributed by atoms with Crippen LogP contribution < -0.4 is 10.6 Å². The lowest BCUT2D eigenvalue weighted by Crippen LogP contribution is -2.39. The Kier molecular flexibility index (Phi) is 7.58. The van der Waals surface area contributed by atoms with Gasteiger partial charge in [-0.2, -0.15) is 5.10 Å². The summed E-state index contributed by atoms with van der Waals surface area (Å²) in [6.45, 7) is 5.60. The van der Waals surface area contributed by atoms with Gasteiger partial charge in [-0.15, -0.1) is 24.0 Å². The van der Waals surface area contributed by atoms with Crippen LogP contribution in [0.2, 0.25) is 0 Å². The van der Waals surface area contributed by atoms with Crippen LogP contribution in [0.5, 0.6) is 0 Å². The largest absolute Gasteiger partial charge is 0.356 e. The van der Waals surface area contributed by atoms with Gasteiger partial charge >= 0.3 is 0 Å². The molecule has 0 saturated heterocycles. The molecule has 27 heavy (non-hydrogen) atoms. The summed E-state index contributed by atoms with van der Waals surface area (Å²) >= 11 is 0. The first-order valence-corrected chi connectivity index (χ1v) is 8.91. The summed E-state index contributed by atoms with van der Waals surface area (Å²) in [6, 6.07) is 6.06. The summed E-state index contributed by atoms with van der Waals surface area (Å²) in [5, 5.41) is 10.9. The highest BCUT2D eigenvalue weighted by molar-refractivity contribution is 14.0. The predicted octanol–water partition coefficient (Wildman–Crippen LogP) is 3.51. The SMILES string of the molecule is CN=C(NCCCn1nc(C)cc1C)NC1CC1c1c(F)cccc1F.I. The predicted molar refractivity (Wildman–Crippen MR) is 114 cm³/mol. The van der Waals surface area contributed by atoms with Gasteiger partial charge in [-0.25, -0.2) is 8.78 Å². The van der Waals surface area contributed by atoms with Gasteiger partial charge in [0.25, 0.3) is 0 Å². The maximum Gasteiger partial charge on any atom is 0.191 e. The molecule has 8 heteroatoms. The summed E-state index contributed by atoms with van der Waals surface area (Å²) in [4.78, 5) is 4.19. The van der Waals surface area contributed by atoms with E-state index in [1.165, 1.54) is 18.2 Å². The summed E-state index contributed by atoms with van der Waals surface area (Å²) in [6.07, 6.45) is 1.60. The number of benzene rings is 1. The average molecular weight is 489 g/mol. The van der Waals surface area contributed by atoms with Crippen molar-refractivity contribution in [3.05, 3.63) is 52.9 Å². The van der Waals surface area contributed by atoms with Gasteiger partial charge in [0, 0.05) is 43.4 Å². The zero-order valence-electron chi connectivity index (χ0n) is 15.8. The number of aromatic nitrogens is 2. The Morgan fingerprint density at radius 1 is 1.30 bits per heavy atom. The molecule has 0 radical (unpaired) electrons. The first-order valence-electron chi connectivity index (χ1n) is 8.91. The van der Waals surface area contributed by atoms with E-state index in [0.717, 1.165) is 30.9 Å². The highest BCUT2D eigenvalue weighted by Crippen LogP contribution is 2.42. The number of aryl methyl sites for hydroxylation is 3. The van der Waals surface area contributed by atoms with E-state index in [4.69, 9.17) is 0 Å². The van der Waals surface area contributed by atoms with Crippen LogP contribution in [0.15, 0.2) is 29.3 Å². The molecular weight excluding hydrogens is 463 g/mol. The van der Waals surface area contributed by atoms with Crippen molar-refractivity contribution in [2.24, 2.45) is 4.99 Å². The Bertz CT molecular complexity index is 785. The molecule has 1 aromatic carbocycles. The zero-order chi connectivity index (χ0) is 18.7. The first-order chi connectivity index (χ1) is 12.5. The molecule has 1 aliphatic rings. The van der Waals surface area contributed by atoms with Crippen LogP contribution in [0.4, 0.5) is 8.78 Å². The molecule has 1 heterocycles. The molecule has 1 aliphatic carbocycles. The van der Waals surface area contributed by atoms with Crippen molar-refractivity contribution >= 4 is 29.9 Å². The van der Waals surface area contributed by atoms with Crippen molar-refractivity contribution in [2.45, 2.75) is 45.2 Å². The van der Waals surface area contributed by atoms with Crippen molar-refractivity contribution in [3.63, 3.8) is 0 Å². The van der Waals surface area contributed by atoms with Gasteiger partial charge in [-0.3, -0.25) is 9.67 Å². The quantitative estimate of drug-likeness (QED) is 0.283. The van der Waals surface area contributed by atoms with Crippen molar-refractivity contribution in [3.8, 4) is 0 Å². The molecule has 3 rings (SSSR count). The van der Waals surface area contributed by atoms with Crippen LogP contribution in [-0.2, 0) is 6.54 Å². The third-order valence-electron chi connectivity index (χ3n) is 4.65. The molecule has 0 bridgehead atoms. The van der Waals surface area contributed by atoms with Crippen molar-refractivity contribution in [1.82, 2.24) is 20.4 Å². The molecule has 2 aromatic rings. The second-order valence-electron chi connectivity index (χ2n) is 6.73. The van der Waals surface area contributed by atoms with E-state index in [1.807, 2.05) is 18.5 Å². The molecule has 2 N–H and O–H groups in total. The number of rotatable bonds is 6. The van der Waals surface area contributed by atoms with Crippen molar-refractivity contribution in [2.75, 3.05) is 13.6 Å². The number of aliphatic imine (C=N–C) groups is 1. The van der Waals surface area contributed by atoms with E-state index < -0.39 is 11.6 Å². The molecule has 0 spiro atoms. The second kappa shape index (κ2) is 9.48. The number of guanidine groups is 1. The number of halogens is 3. The van der Waals surface area contributed by atoms with Gasteiger partial charge in [-0.1, -0.05) is 6.07 Å². The zero-order valence-corrected chi connectivity index (χ0v) is 18.1. The molecule has 5 nitrogen and oxygen atoms in total. The Balaban J connectivity index is 0.00000261. The lowest BCUT2D eigenvalue weighted by Gasteiger charge is -2.12. The highest BCUT2D eigenvalue weighted by Gasteiger charge is 2.42. The third kappa shape index (κ3) is 5.40. The van der Waals surface area contributed by atoms with E-state index >= 15 is 0 Å². The minimum atomic E-state index is -0.480. The number of nitrogens with one attached hydrogen (secondary N) is 2. The standard InChI is InChI=1S/C19H25F2N5.HI/c1-12-10-13(2)26(25-12)9-5-8-23-19(22-3)24-17-11-14(17)18-15(20)6-4-7-16(18)21;/h4,6-7,10,14,17H,5,8-9,11H2,1-3H3,(H2,22,23,24);1H. The Labute approximate surface area is 175 Å². The normalized spacial score (nSPS) is 18.8. The summed E-state index contributed by atoms with van der Waals surface area (Å²) in [7, 11) is 1.69. The average Bonchev–Trinajstić information content (AvgIpc) is 3.26. The lowest BCUT2D eigenvalue weighted by molar-refractivity contribution is 0.550. The van der Waals surface area contributed by atoms with Crippen LogP contribution in [0.25, 0.3) is 0 Å². The number of hydrogen-bond donors (Lipinski definition) is 2. The molecule has 0 amide bonds. The molecule has 1 fully saturated rings.